The molecular formula is C29H36ClN7O3. The molecule has 1 fully saturated rings. The molecule has 1 aromatic carbocycles. The van der Waals surface area contributed by atoms with Crippen molar-refractivity contribution < 1.29 is 9.90 Å². The number of β-amino-alcohol motifs (C(OH)–C–C–N with tert-alkyl or cyclic N) is 1. The van der Waals surface area contributed by atoms with Crippen LogP contribution in [0.1, 0.15) is 62.6 Å². The number of carbonyl (C=O) groups excluding carboxylic acids is 1. The normalized spacial score (nSPS) is 20.5. The molecule has 3 aromatic rings. The quantitative estimate of drug-likeness (QED) is 0.384. The van der Waals surface area contributed by atoms with E-state index >= 15 is 0 Å². The summed E-state index contributed by atoms with van der Waals surface area (Å²) in [5.41, 5.74) is 2.70. The number of unbranched alkanes of at least 4 members (excludes halogenated alkanes) is 1. The van der Waals surface area contributed by atoms with Gasteiger partial charge in [-0.2, -0.15) is 0 Å². The Labute approximate surface area is 238 Å². The fourth-order valence-corrected chi connectivity index (χ4v) is 5.89. The standard InChI is InChI=1S/C29H36ClN7O3/c1-3-4-7-21-14-36(16-24-26(21)33-27(34-28(24)39)20-8-10-22(30)11-9-20)29(40)25-13-23(38)15-37(25)19(2)6-5-12-35-17-31-32-18-35/h8-11,17-18,21,23,25,38H,2-7,12-16H2,1H3,(H,33,34,39)/t21?,23-,25+/m1/s1. The summed E-state index contributed by atoms with van der Waals surface area (Å²) in [5, 5.41) is 18.8. The van der Waals surface area contributed by atoms with Gasteiger partial charge in [-0.25, -0.2) is 4.98 Å². The lowest BCUT2D eigenvalue weighted by atomic mass is 9.90. The fourth-order valence-electron chi connectivity index (χ4n) is 5.76. The Kier molecular flexibility index (Phi) is 8.66. The van der Waals surface area contributed by atoms with E-state index in [2.05, 4.69) is 28.7 Å². The van der Waals surface area contributed by atoms with Crippen molar-refractivity contribution >= 4 is 17.5 Å². The number of amides is 1. The minimum Gasteiger partial charge on any atom is -0.391 e. The molecule has 1 amide bonds. The molecule has 0 aliphatic carbocycles. The van der Waals surface area contributed by atoms with Crippen molar-refractivity contribution in [2.45, 2.75) is 76.6 Å². The molecule has 5 rings (SSSR count). The van der Waals surface area contributed by atoms with Crippen molar-refractivity contribution in [3.63, 3.8) is 0 Å². The Morgan fingerprint density at radius 2 is 1.93 bits per heavy atom. The zero-order chi connectivity index (χ0) is 28.2. The first-order valence-electron chi connectivity index (χ1n) is 14.0. The molecule has 2 aromatic heterocycles. The first kappa shape index (κ1) is 28.0. The number of halogens is 1. The summed E-state index contributed by atoms with van der Waals surface area (Å²) >= 11 is 6.05. The number of aliphatic hydroxyl groups is 1. The van der Waals surface area contributed by atoms with Gasteiger partial charge in [0.25, 0.3) is 5.56 Å². The van der Waals surface area contributed by atoms with E-state index in [4.69, 9.17) is 16.6 Å². The maximum atomic E-state index is 13.9. The molecule has 1 unspecified atom stereocenters. The van der Waals surface area contributed by atoms with E-state index < -0.39 is 12.1 Å². The van der Waals surface area contributed by atoms with Crippen LogP contribution in [0.5, 0.6) is 0 Å². The maximum Gasteiger partial charge on any atom is 0.256 e. The van der Waals surface area contributed by atoms with Gasteiger partial charge < -0.3 is 24.5 Å². The number of aromatic nitrogens is 5. The molecule has 11 heteroatoms. The minimum absolute atomic E-state index is 0.0484. The van der Waals surface area contributed by atoms with Crippen molar-refractivity contribution in [3.8, 4) is 11.4 Å². The summed E-state index contributed by atoms with van der Waals surface area (Å²) in [4.78, 5) is 38.8. The Morgan fingerprint density at radius 1 is 1.18 bits per heavy atom. The van der Waals surface area contributed by atoms with Gasteiger partial charge in [-0.15, -0.1) is 10.2 Å². The van der Waals surface area contributed by atoms with Gasteiger partial charge in [0.2, 0.25) is 5.91 Å². The lowest BCUT2D eigenvalue weighted by Gasteiger charge is -2.37. The summed E-state index contributed by atoms with van der Waals surface area (Å²) in [7, 11) is 0. The average Bonchev–Trinajstić information content (AvgIpc) is 3.61. The molecule has 212 valence electrons. The summed E-state index contributed by atoms with van der Waals surface area (Å²) in [6, 6.07) is 6.72. The van der Waals surface area contributed by atoms with Crippen LogP contribution < -0.4 is 5.56 Å². The number of hydrogen-bond donors (Lipinski definition) is 2. The molecule has 3 atom stereocenters. The number of hydrogen-bond acceptors (Lipinski definition) is 7. The Hall–Kier alpha value is -3.50. The first-order chi connectivity index (χ1) is 19.3. The molecule has 40 heavy (non-hydrogen) atoms. The molecule has 2 aliphatic heterocycles. The number of aryl methyl sites for hydroxylation is 1. The number of benzene rings is 1. The second-order valence-corrected chi connectivity index (χ2v) is 11.2. The topological polar surface area (TPSA) is 120 Å². The number of nitrogens with zero attached hydrogens (tertiary/aromatic N) is 6. The van der Waals surface area contributed by atoms with Crippen LogP contribution in [-0.2, 0) is 17.9 Å². The molecular weight excluding hydrogens is 530 g/mol. The average molecular weight is 566 g/mol. The van der Waals surface area contributed by atoms with Crippen LogP contribution in [0.4, 0.5) is 0 Å². The van der Waals surface area contributed by atoms with E-state index in [-0.39, 0.29) is 23.9 Å². The highest BCUT2D eigenvalue weighted by Crippen LogP contribution is 2.33. The molecule has 10 nitrogen and oxygen atoms in total. The molecule has 2 N–H and O–H groups in total. The number of H-pyrrole nitrogens is 1. The number of aliphatic hydroxyl groups excluding tert-OH is 1. The third kappa shape index (κ3) is 6.13. The summed E-state index contributed by atoms with van der Waals surface area (Å²) < 4.78 is 1.90. The summed E-state index contributed by atoms with van der Waals surface area (Å²) in [5.74, 6) is 0.382. The second kappa shape index (κ2) is 12.3. The predicted molar refractivity (Wildman–Crippen MR) is 153 cm³/mol. The van der Waals surface area contributed by atoms with Crippen molar-refractivity contribution in [1.82, 2.24) is 34.5 Å². The van der Waals surface area contributed by atoms with Gasteiger partial charge in [-0.1, -0.05) is 37.9 Å². The van der Waals surface area contributed by atoms with Gasteiger partial charge >= 0.3 is 0 Å². The largest absolute Gasteiger partial charge is 0.391 e. The predicted octanol–water partition coefficient (Wildman–Crippen LogP) is 3.73. The van der Waals surface area contributed by atoms with Crippen molar-refractivity contribution in [2.24, 2.45) is 0 Å². The van der Waals surface area contributed by atoms with Gasteiger partial charge in [-0.3, -0.25) is 9.59 Å². The van der Waals surface area contributed by atoms with Crippen molar-refractivity contribution in [1.29, 1.82) is 0 Å². The lowest BCUT2D eigenvalue weighted by Crippen LogP contribution is -2.49. The smallest absolute Gasteiger partial charge is 0.256 e. The molecule has 4 heterocycles. The molecule has 0 saturated carbocycles. The van der Waals surface area contributed by atoms with Crippen LogP contribution >= 0.6 is 11.6 Å². The number of likely N-dealkylation sites (tertiary alicyclic amines) is 1. The van der Waals surface area contributed by atoms with Crippen LogP contribution in [-0.4, -0.2) is 70.8 Å². The highest BCUT2D eigenvalue weighted by molar-refractivity contribution is 6.30. The van der Waals surface area contributed by atoms with Gasteiger partial charge in [0.1, 0.15) is 24.5 Å². The third-order valence-corrected chi connectivity index (χ3v) is 8.13. The van der Waals surface area contributed by atoms with E-state index in [1.165, 1.54) is 0 Å². The van der Waals surface area contributed by atoms with E-state index in [1.54, 1.807) is 29.7 Å². The first-order valence-corrected chi connectivity index (χ1v) is 14.3. The Bertz CT molecular complexity index is 1390. The van der Waals surface area contributed by atoms with Crippen LogP contribution in [0.2, 0.25) is 5.02 Å². The van der Waals surface area contributed by atoms with Crippen molar-refractivity contribution in [3.05, 3.63) is 75.8 Å². The van der Waals surface area contributed by atoms with Crippen LogP contribution in [0.15, 0.2) is 54.0 Å². The van der Waals surface area contributed by atoms with E-state index in [0.717, 1.165) is 49.2 Å². The highest BCUT2D eigenvalue weighted by atomic mass is 35.5. The number of rotatable bonds is 10. The Morgan fingerprint density at radius 3 is 2.65 bits per heavy atom. The number of fused-ring (bicyclic) bond motifs is 1. The van der Waals surface area contributed by atoms with Crippen molar-refractivity contribution in [2.75, 3.05) is 13.1 Å². The van der Waals surface area contributed by atoms with Crippen LogP contribution in [0.25, 0.3) is 11.4 Å². The van der Waals surface area contributed by atoms with Gasteiger partial charge in [0.05, 0.1) is 23.9 Å². The van der Waals surface area contributed by atoms with Gasteiger partial charge in [-0.05, 0) is 43.5 Å². The second-order valence-electron chi connectivity index (χ2n) is 10.8. The Balaban J connectivity index is 1.35. The molecule has 0 bridgehead atoms. The minimum atomic E-state index is -0.608. The number of nitrogens with one attached hydrogen (secondary N) is 1. The third-order valence-electron chi connectivity index (χ3n) is 7.88. The van der Waals surface area contributed by atoms with Crippen LogP contribution in [0, 0.1) is 0 Å². The zero-order valence-corrected chi connectivity index (χ0v) is 23.6. The molecule has 2 aliphatic rings. The monoisotopic (exact) mass is 565 g/mol. The number of carbonyl (C=O) groups is 1. The fraction of sp³-hybridized carbons (Fsp3) is 0.483. The highest BCUT2D eigenvalue weighted by Gasteiger charge is 2.41. The van der Waals surface area contributed by atoms with Gasteiger partial charge in [0.15, 0.2) is 0 Å². The molecule has 0 radical (unpaired) electrons. The maximum absolute atomic E-state index is 13.9. The van der Waals surface area contributed by atoms with Gasteiger partial charge in [0, 0.05) is 48.3 Å². The van der Waals surface area contributed by atoms with E-state index in [1.807, 2.05) is 21.6 Å². The lowest BCUT2D eigenvalue weighted by molar-refractivity contribution is -0.137. The SMILES string of the molecule is C=C(CCCn1cnnc1)N1C[C@H](O)C[C@H]1C(=O)N1Cc2c(nc(-c3ccc(Cl)cc3)[nH]c2=O)C(CCCC)C1. The zero-order valence-electron chi connectivity index (χ0n) is 22.8. The number of allylic oxidation sites excluding steroid dienone is 1. The van der Waals surface area contributed by atoms with Crippen LogP contribution in [0.3, 0.4) is 0 Å². The summed E-state index contributed by atoms with van der Waals surface area (Å²) in [6.07, 6.45) is 7.39. The van der Waals surface area contributed by atoms with E-state index in [0.29, 0.717) is 42.3 Å². The summed E-state index contributed by atoms with van der Waals surface area (Å²) in [6.45, 7) is 8.18. The molecule has 0 spiro atoms. The molecule has 1 saturated heterocycles. The number of aromatic amines is 1. The van der Waals surface area contributed by atoms with E-state index in [9.17, 15) is 14.7 Å².